The topological polar surface area (TPSA) is 56.0 Å². The number of halogens is 2. The first-order valence-corrected chi connectivity index (χ1v) is 7.56. The molecule has 0 aliphatic rings. The third kappa shape index (κ3) is 3.83. The number of aliphatic hydroxyl groups is 1. The Morgan fingerprint density at radius 3 is 2.60 bits per heavy atom. The second-order valence-corrected chi connectivity index (χ2v) is 6.08. The highest BCUT2D eigenvalue weighted by atomic mass is 79.9. The number of anilines is 1. The molecule has 0 saturated carbocycles. The van der Waals surface area contributed by atoms with Crippen LogP contribution in [0.3, 0.4) is 0 Å². The molecule has 0 aliphatic heterocycles. The van der Waals surface area contributed by atoms with Gasteiger partial charge in [0.25, 0.3) is 0 Å². The Hall–Kier alpha value is -1.35. The molecule has 0 aliphatic carbocycles. The zero-order valence-electron chi connectivity index (χ0n) is 10.5. The Kier molecular flexibility index (Phi) is 5.18. The monoisotopic (exact) mass is 394 g/mol. The normalized spacial score (nSPS) is 11.7. The molecule has 3 nitrogen and oxygen atoms in total. The average Bonchev–Trinajstić information content (AvgIpc) is 2.45. The molecule has 2 rings (SSSR count). The summed E-state index contributed by atoms with van der Waals surface area (Å²) < 4.78 is 1.78. The predicted molar refractivity (Wildman–Crippen MR) is 86.4 cm³/mol. The molecular weight excluding hydrogens is 384 g/mol. The van der Waals surface area contributed by atoms with E-state index < -0.39 is 6.10 Å². The molecule has 0 aromatic heterocycles. The molecule has 2 N–H and O–H groups in total. The van der Waals surface area contributed by atoms with E-state index in [0.717, 1.165) is 14.5 Å². The van der Waals surface area contributed by atoms with Gasteiger partial charge in [-0.1, -0.05) is 44.0 Å². The van der Waals surface area contributed by atoms with Crippen molar-refractivity contribution < 1.29 is 5.11 Å². The summed E-state index contributed by atoms with van der Waals surface area (Å²) in [4.78, 5) is 0. The first kappa shape index (κ1) is 15.0. The molecule has 1 atom stereocenters. The van der Waals surface area contributed by atoms with Crippen LogP contribution in [0, 0.1) is 11.3 Å². The number of rotatable bonds is 4. The fourth-order valence-corrected chi connectivity index (χ4v) is 2.58. The van der Waals surface area contributed by atoms with Crippen molar-refractivity contribution in [3.63, 3.8) is 0 Å². The van der Waals surface area contributed by atoms with E-state index in [1.165, 1.54) is 0 Å². The third-order valence-corrected chi connectivity index (χ3v) is 3.81. The van der Waals surface area contributed by atoms with Crippen molar-refractivity contribution in [1.82, 2.24) is 0 Å². The van der Waals surface area contributed by atoms with Gasteiger partial charge in [0.1, 0.15) is 6.07 Å². The Bertz CT molecular complexity index is 653. The number of nitriles is 1. The summed E-state index contributed by atoms with van der Waals surface area (Å²) in [6.07, 6.45) is -0.636. The second kappa shape index (κ2) is 6.89. The van der Waals surface area contributed by atoms with Crippen LogP contribution in [0.1, 0.15) is 17.2 Å². The predicted octanol–water partition coefficient (Wildman–Crippen LogP) is 4.23. The Balaban J connectivity index is 2.07. The Morgan fingerprint density at radius 2 is 1.90 bits per heavy atom. The highest BCUT2D eigenvalue weighted by molar-refractivity contribution is 9.10. The minimum Gasteiger partial charge on any atom is -0.387 e. The van der Waals surface area contributed by atoms with E-state index in [2.05, 4.69) is 43.2 Å². The minimum atomic E-state index is -0.636. The van der Waals surface area contributed by atoms with E-state index in [-0.39, 0.29) is 0 Å². The Labute approximate surface area is 134 Å². The molecule has 5 heteroatoms. The van der Waals surface area contributed by atoms with Crippen LogP contribution < -0.4 is 5.32 Å². The summed E-state index contributed by atoms with van der Waals surface area (Å²) in [5.41, 5.74) is 2.08. The minimum absolute atomic E-state index is 0.340. The number of nitrogens with zero attached hydrogens (tertiary/aromatic N) is 1. The highest BCUT2D eigenvalue weighted by Gasteiger charge is 2.09. The van der Waals surface area contributed by atoms with Gasteiger partial charge in [0.05, 0.1) is 17.4 Å². The largest absolute Gasteiger partial charge is 0.387 e. The molecule has 20 heavy (non-hydrogen) atoms. The van der Waals surface area contributed by atoms with Crippen LogP contribution >= 0.6 is 31.9 Å². The van der Waals surface area contributed by atoms with E-state index in [1.807, 2.05) is 36.4 Å². The van der Waals surface area contributed by atoms with Crippen molar-refractivity contribution in [2.24, 2.45) is 0 Å². The molecule has 2 aromatic carbocycles. The summed E-state index contributed by atoms with van der Waals surface area (Å²) in [5, 5.41) is 22.3. The SMILES string of the molecule is N#Cc1cc(Br)ccc1NCC(O)c1cccc(Br)c1. The van der Waals surface area contributed by atoms with Crippen LogP contribution in [0.4, 0.5) is 5.69 Å². The summed E-state index contributed by atoms with van der Waals surface area (Å²) in [5.74, 6) is 0. The number of hydrogen-bond donors (Lipinski definition) is 2. The van der Waals surface area contributed by atoms with Gasteiger partial charge in [-0.3, -0.25) is 0 Å². The summed E-state index contributed by atoms with van der Waals surface area (Å²) in [6, 6.07) is 15.1. The van der Waals surface area contributed by atoms with Crippen LogP contribution in [0.15, 0.2) is 51.4 Å². The molecule has 0 radical (unpaired) electrons. The van der Waals surface area contributed by atoms with Crippen LogP contribution in [0.5, 0.6) is 0 Å². The maximum absolute atomic E-state index is 10.1. The van der Waals surface area contributed by atoms with E-state index in [1.54, 1.807) is 6.07 Å². The van der Waals surface area contributed by atoms with E-state index in [0.29, 0.717) is 17.8 Å². The third-order valence-electron chi connectivity index (χ3n) is 2.82. The molecule has 0 bridgehead atoms. The van der Waals surface area contributed by atoms with E-state index in [9.17, 15) is 5.11 Å². The molecule has 2 aromatic rings. The molecule has 0 heterocycles. The van der Waals surface area contributed by atoms with Gasteiger partial charge >= 0.3 is 0 Å². The number of benzene rings is 2. The van der Waals surface area contributed by atoms with Gasteiger partial charge in [-0.15, -0.1) is 0 Å². The molecule has 0 spiro atoms. The van der Waals surface area contributed by atoms with Gasteiger partial charge in [0, 0.05) is 15.5 Å². The zero-order valence-corrected chi connectivity index (χ0v) is 13.6. The van der Waals surface area contributed by atoms with Crippen molar-refractivity contribution in [3.8, 4) is 6.07 Å². The van der Waals surface area contributed by atoms with Crippen molar-refractivity contribution in [1.29, 1.82) is 5.26 Å². The summed E-state index contributed by atoms with van der Waals surface area (Å²) >= 11 is 6.71. The number of aliphatic hydroxyl groups excluding tert-OH is 1. The fourth-order valence-electron chi connectivity index (χ4n) is 1.80. The zero-order chi connectivity index (χ0) is 14.5. The van der Waals surface area contributed by atoms with Crippen LogP contribution in [0.2, 0.25) is 0 Å². The van der Waals surface area contributed by atoms with Gasteiger partial charge in [-0.25, -0.2) is 0 Å². The molecule has 102 valence electrons. The molecule has 1 unspecified atom stereocenters. The lowest BCUT2D eigenvalue weighted by atomic mass is 10.1. The van der Waals surface area contributed by atoms with Gasteiger partial charge in [0.15, 0.2) is 0 Å². The average molecular weight is 396 g/mol. The maximum atomic E-state index is 10.1. The van der Waals surface area contributed by atoms with Crippen LogP contribution in [-0.2, 0) is 0 Å². The summed E-state index contributed by atoms with van der Waals surface area (Å²) in [6.45, 7) is 0.340. The fraction of sp³-hybridized carbons (Fsp3) is 0.133. The molecule has 0 saturated heterocycles. The van der Waals surface area contributed by atoms with Gasteiger partial charge in [-0.05, 0) is 35.9 Å². The second-order valence-electron chi connectivity index (χ2n) is 4.25. The lowest BCUT2D eigenvalue weighted by molar-refractivity contribution is 0.191. The number of nitrogens with one attached hydrogen (secondary N) is 1. The van der Waals surface area contributed by atoms with Crippen LogP contribution in [0.25, 0.3) is 0 Å². The molecular formula is C15H12Br2N2O. The molecule has 0 fully saturated rings. The van der Waals surface area contributed by atoms with Crippen molar-refractivity contribution in [2.75, 3.05) is 11.9 Å². The highest BCUT2D eigenvalue weighted by Crippen LogP contribution is 2.22. The lowest BCUT2D eigenvalue weighted by Crippen LogP contribution is -2.12. The van der Waals surface area contributed by atoms with Crippen molar-refractivity contribution >= 4 is 37.5 Å². The van der Waals surface area contributed by atoms with Gasteiger partial charge < -0.3 is 10.4 Å². The van der Waals surface area contributed by atoms with Gasteiger partial charge in [-0.2, -0.15) is 5.26 Å². The smallest absolute Gasteiger partial charge is 0.101 e. The first-order chi connectivity index (χ1) is 9.60. The van der Waals surface area contributed by atoms with Crippen LogP contribution in [-0.4, -0.2) is 11.7 Å². The van der Waals surface area contributed by atoms with E-state index in [4.69, 9.17) is 5.26 Å². The first-order valence-electron chi connectivity index (χ1n) is 5.97. The number of hydrogen-bond acceptors (Lipinski definition) is 3. The van der Waals surface area contributed by atoms with E-state index >= 15 is 0 Å². The summed E-state index contributed by atoms with van der Waals surface area (Å²) in [7, 11) is 0. The van der Waals surface area contributed by atoms with Crippen molar-refractivity contribution in [2.45, 2.75) is 6.10 Å². The lowest BCUT2D eigenvalue weighted by Gasteiger charge is -2.14. The standard InChI is InChI=1S/C15H12Br2N2O/c16-12-3-1-2-10(6-12)15(20)9-19-14-5-4-13(17)7-11(14)8-18/h1-7,15,19-20H,9H2. The van der Waals surface area contributed by atoms with Crippen molar-refractivity contribution in [3.05, 3.63) is 62.5 Å². The quantitative estimate of drug-likeness (QED) is 0.814. The Morgan fingerprint density at radius 1 is 1.15 bits per heavy atom. The van der Waals surface area contributed by atoms with Gasteiger partial charge in [0.2, 0.25) is 0 Å². The maximum Gasteiger partial charge on any atom is 0.101 e. The molecule has 0 amide bonds.